The van der Waals surface area contributed by atoms with Crippen LogP contribution in [-0.2, 0) is 6.42 Å². The number of hydrogen-bond acceptors (Lipinski definition) is 0. The van der Waals surface area contributed by atoms with Gasteiger partial charge in [-0.15, -0.1) is 0 Å². The van der Waals surface area contributed by atoms with Crippen molar-refractivity contribution in [2.45, 2.75) is 103 Å². The van der Waals surface area contributed by atoms with Crippen molar-refractivity contribution in [1.29, 1.82) is 0 Å². The van der Waals surface area contributed by atoms with Crippen molar-refractivity contribution >= 4 is 0 Å². The molecule has 1 saturated carbocycles. The summed E-state index contributed by atoms with van der Waals surface area (Å²) in [6.07, 6.45) is 24.5. The molecule has 2 aliphatic carbocycles. The molecule has 2 aromatic carbocycles. The second-order valence-electron chi connectivity index (χ2n) is 10.9. The van der Waals surface area contributed by atoms with Gasteiger partial charge in [-0.05, 0) is 118 Å². The van der Waals surface area contributed by atoms with Gasteiger partial charge in [-0.2, -0.15) is 0 Å². The minimum absolute atomic E-state index is 0.766. The van der Waals surface area contributed by atoms with Gasteiger partial charge in [0.05, 0.1) is 0 Å². The minimum atomic E-state index is 0.766. The van der Waals surface area contributed by atoms with Gasteiger partial charge in [0.1, 0.15) is 0 Å². The summed E-state index contributed by atoms with van der Waals surface area (Å²) in [4.78, 5) is 0. The fraction of sp³-hybridized carbons (Fsp3) is 0.529. The summed E-state index contributed by atoms with van der Waals surface area (Å²) in [5, 5.41) is 0. The highest BCUT2D eigenvalue weighted by atomic mass is 14.3. The molecule has 0 aromatic heterocycles. The van der Waals surface area contributed by atoms with Crippen molar-refractivity contribution in [2.24, 2.45) is 11.8 Å². The highest BCUT2D eigenvalue weighted by Gasteiger charge is 2.29. The molecule has 0 saturated heterocycles. The molecule has 0 heteroatoms. The molecular weight excluding hydrogens is 408 g/mol. The maximum Gasteiger partial charge on any atom is -0.0162 e. The van der Waals surface area contributed by atoms with Gasteiger partial charge in [-0.1, -0.05) is 92.1 Å². The summed E-state index contributed by atoms with van der Waals surface area (Å²) in [5.74, 6) is 2.67. The molecule has 2 aromatic rings. The molecule has 2 aliphatic rings. The van der Waals surface area contributed by atoms with Gasteiger partial charge in [0.2, 0.25) is 0 Å². The van der Waals surface area contributed by atoms with Crippen LogP contribution in [-0.4, -0.2) is 0 Å². The lowest BCUT2D eigenvalue weighted by atomic mass is 9.70. The van der Waals surface area contributed by atoms with Crippen molar-refractivity contribution in [1.82, 2.24) is 0 Å². The van der Waals surface area contributed by atoms with Crippen molar-refractivity contribution in [3.05, 3.63) is 83.5 Å². The van der Waals surface area contributed by atoms with E-state index in [9.17, 15) is 0 Å². The zero-order valence-corrected chi connectivity index (χ0v) is 21.8. The SMILES string of the molecule is CC=CCCC1=CCC(C2CCC(c3ccc(-c4ccc(CCCCC)cc4)cc3)CC2)CC1. The average molecular weight is 455 g/mol. The second-order valence-corrected chi connectivity index (χ2v) is 10.9. The zero-order valence-electron chi connectivity index (χ0n) is 21.8. The van der Waals surface area contributed by atoms with Gasteiger partial charge in [-0.3, -0.25) is 0 Å². The Labute approximate surface area is 209 Å². The Bertz CT molecular complexity index is 904. The first kappa shape index (κ1) is 25.0. The predicted octanol–water partition coefficient (Wildman–Crippen LogP) is 10.4. The molecule has 0 spiro atoms. The van der Waals surface area contributed by atoms with Crippen LogP contribution in [0.4, 0.5) is 0 Å². The quantitative estimate of drug-likeness (QED) is 0.247. The number of benzene rings is 2. The van der Waals surface area contributed by atoms with E-state index < -0.39 is 0 Å². The molecule has 0 aliphatic heterocycles. The van der Waals surface area contributed by atoms with E-state index in [1.165, 1.54) is 100 Å². The molecule has 34 heavy (non-hydrogen) atoms. The minimum Gasteiger partial charge on any atom is -0.0917 e. The van der Waals surface area contributed by atoms with Crippen LogP contribution in [0, 0.1) is 11.8 Å². The van der Waals surface area contributed by atoms with Crippen LogP contribution in [0.3, 0.4) is 0 Å². The van der Waals surface area contributed by atoms with Crippen molar-refractivity contribution < 1.29 is 0 Å². The van der Waals surface area contributed by atoms with E-state index in [0.29, 0.717) is 0 Å². The summed E-state index contributed by atoms with van der Waals surface area (Å²) in [7, 11) is 0. The number of aryl methyl sites for hydroxylation is 1. The van der Waals surface area contributed by atoms with Gasteiger partial charge >= 0.3 is 0 Å². The molecule has 0 N–H and O–H groups in total. The molecule has 1 atom stereocenters. The first-order chi connectivity index (χ1) is 16.8. The Hall–Kier alpha value is -2.08. The third-order valence-electron chi connectivity index (χ3n) is 8.59. The lowest BCUT2D eigenvalue weighted by Crippen LogP contribution is -2.22. The topological polar surface area (TPSA) is 0 Å². The van der Waals surface area contributed by atoms with E-state index in [1.54, 1.807) is 11.1 Å². The lowest BCUT2D eigenvalue weighted by molar-refractivity contribution is 0.217. The van der Waals surface area contributed by atoms with E-state index in [4.69, 9.17) is 0 Å². The van der Waals surface area contributed by atoms with Crippen molar-refractivity contribution in [3.8, 4) is 11.1 Å². The van der Waals surface area contributed by atoms with Gasteiger partial charge in [-0.25, -0.2) is 0 Å². The monoisotopic (exact) mass is 454 g/mol. The summed E-state index contributed by atoms with van der Waals surface area (Å²) in [6, 6.07) is 18.8. The van der Waals surface area contributed by atoms with Crippen LogP contribution in [0.1, 0.15) is 108 Å². The summed E-state index contributed by atoms with van der Waals surface area (Å²) < 4.78 is 0. The lowest BCUT2D eigenvalue weighted by Gasteiger charge is -2.35. The van der Waals surface area contributed by atoms with Crippen molar-refractivity contribution in [3.63, 3.8) is 0 Å². The van der Waals surface area contributed by atoms with Crippen LogP contribution in [0.25, 0.3) is 11.1 Å². The Morgan fingerprint density at radius 2 is 1.47 bits per heavy atom. The van der Waals surface area contributed by atoms with E-state index in [1.807, 2.05) is 0 Å². The molecule has 0 nitrogen and oxygen atoms in total. The number of unbranched alkanes of at least 4 members (excludes halogenated alkanes) is 2. The molecule has 0 heterocycles. The Kier molecular flexibility index (Phi) is 9.66. The number of hydrogen-bond donors (Lipinski definition) is 0. The third kappa shape index (κ3) is 6.97. The van der Waals surface area contributed by atoms with Crippen LogP contribution in [0.5, 0.6) is 0 Å². The third-order valence-corrected chi connectivity index (χ3v) is 8.59. The van der Waals surface area contributed by atoms with Crippen LogP contribution in [0.15, 0.2) is 72.3 Å². The smallest absolute Gasteiger partial charge is 0.0162 e. The van der Waals surface area contributed by atoms with Crippen molar-refractivity contribution in [2.75, 3.05) is 0 Å². The summed E-state index contributed by atoms with van der Waals surface area (Å²) in [6.45, 7) is 4.40. The van der Waals surface area contributed by atoms with Gasteiger partial charge in [0, 0.05) is 0 Å². The molecule has 0 bridgehead atoms. The number of rotatable bonds is 10. The Morgan fingerprint density at radius 1 is 0.765 bits per heavy atom. The van der Waals surface area contributed by atoms with E-state index in [0.717, 1.165) is 17.8 Å². The first-order valence-electron chi connectivity index (χ1n) is 14.2. The maximum atomic E-state index is 2.60. The average Bonchev–Trinajstić information content (AvgIpc) is 2.90. The molecule has 1 fully saturated rings. The van der Waals surface area contributed by atoms with Gasteiger partial charge in [0.25, 0.3) is 0 Å². The Balaban J connectivity index is 1.25. The van der Waals surface area contributed by atoms with E-state index in [-0.39, 0.29) is 0 Å². The Morgan fingerprint density at radius 3 is 2.09 bits per heavy atom. The summed E-state index contributed by atoms with van der Waals surface area (Å²) >= 11 is 0. The highest BCUT2D eigenvalue weighted by molar-refractivity contribution is 5.64. The predicted molar refractivity (Wildman–Crippen MR) is 149 cm³/mol. The van der Waals surface area contributed by atoms with Gasteiger partial charge in [0.15, 0.2) is 0 Å². The standard InChI is InChI=1S/C34H46/c1-3-5-7-9-27-11-15-29(16-12-27)31-19-23-33(24-20-31)34-25-21-32(22-26-34)30-17-13-28(14-18-30)10-8-6-4-2/h3,5,11,13-14,17-18,21-22,25-26,29,31,33H,4,6-10,12,15-16,19-20,23-24H2,1-2H3. The fourth-order valence-electron chi connectivity index (χ4n) is 6.31. The van der Waals surface area contributed by atoms with E-state index >= 15 is 0 Å². The van der Waals surface area contributed by atoms with Crippen LogP contribution < -0.4 is 0 Å². The maximum absolute atomic E-state index is 2.60. The van der Waals surface area contributed by atoms with Gasteiger partial charge < -0.3 is 0 Å². The summed E-state index contributed by atoms with van der Waals surface area (Å²) in [5.41, 5.74) is 7.47. The first-order valence-corrected chi connectivity index (χ1v) is 14.2. The molecule has 182 valence electrons. The van der Waals surface area contributed by atoms with Crippen LogP contribution >= 0.6 is 0 Å². The second kappa shape index (κ2) is 13.1. The molecule has 0 amide bonds. The fourth-order valence-corrected chi connectivity index (χ4v) is 6.31. The zero-order chi connectivity index (χ0) is 23.6. The number of allylic oxidation sites excluding steroid dienone is 4. The molecule has 1 unspecified atom stereocenters. The normalized spacial score (nSPS) is 23.2. The van der Waals surface area contributed by atoms with E-state index in [2.05, 4.69) is 80.6 Å². The highest BCUT2D eigenvalue weighted by Crippen LogP contribution is 2.43. The molecule has 4 rings (SSSR count). The largest absolute Gasteiger partial charge is 0.0917 e. The molecular formula is C34H46. The van der Waals surface area contributed by atoms with Crippen LogP contribution in [0.2, 0.25) is 0 Å². The molecule has 0 radical (unpaired) electrons.